The Balaban J connectivity index is 1.69. The van der Waals surface area contributed by atoms with Gasteiger partial charge in [0.1, 0.15) is 11.9 Å². The number of thioether (sulfide) groups is 1. The second-order valence-electron chi connectivity index (χ2n) is 5.24. The lowest BCUT2D eigenvalue weighted by Gasteiger charge is -2.26. The fraction of sp³-hybridized carbons (Fsp3) is 0.429. The Morgan fingerprint density at radius 3 is 2.86 bits per heavy atom. The molecule has 0 aromatic heterocycles. The number of nitrogens with zero attached hydrogens (tertiary/aromatic N) is 1. The third-order valence-electron chi connectivity index (χ3n) is 3.73. The van der Waals surface area contributed by atoms with Crippen LogP contribution in [0.25, 0.3) is 0 Å². The van der Waals surface area contributed by atoms with Crippen molar-refractivity contribution in [3.8, 4) is 0 Å². The van der Waals surface area contributed by atoms with E-state index in [-0.39, 0.29) is 24.8 Å². The van der Waals surface area contributed by atoms with Gasteiger partial charge in [-0.25, -0.2) is 14.0 Å². The molecule has 3 rings (SSSR count). The van der Waals surface area contributed by atoms with Crippen molar-refractivity contribution in [2.24, 2.45) is 0 Å². The van der Waals surface area contributed by atoms with Gasteiger partial charge in [0.05, 0.1) is 18.8 Å². The third-order valence-corrected chi connectivity index (χ3v) is 5.00. The molecule has 0 bridgehead atoms. The van der Waals surface area contributed by atoms with Gasteiger partial charge in [-0.05, 0) is 17.7 Å². The number of benzene rings is 1. The highest BCUT2D eigenvalue weighted by atomic mass is 32.2. The summed E-state index contributed by atoms with van der Waals surface area (Å²) in [5.41, 5.74) is 1.11. The van der Waals surface area contributed by atoms with E-state index in [0.29, 0.717) is 11.3 Å². The van der Waals surface area contributed by atoms with E-state index in [1.807, 2.05) is 0 Å². The van der Waals surface area contributed by atoms with Crippen LogP contribution in [0.2, 0.25) is 0 Å². The zero-order valence-corrected chi connectivity index (χ0v) is 12.4. The molecule has 0 saturated carbocycles. The lowest BCUT2D eigenvalue weighted by atomic mass is 10.0. The van der Waals surface area contributed by atoms with Crippen LogP contribution >= 0.6 is 11.8 Å². The highest BCUT2D eigenvalue weighted by Crippen LogP contribution is 2.36. The van der Waals surface area contributed by atoms with Gasteiger partial charge in [-0.3, -0.25) is 4.90 Å². The second kappa shape index (κ2) is 6.04. The summed E-state index contributed by atoms with van der Waals surface area (Å²) >= 11 is 1.78. The summed E-state index contributed by atoms with van der Waals surface area (Å²) < 4.78 is 19.2. The highest BCUT2D eigenvalue weighted by Gasteiger charge is 2.33. The summed E-state index contributed by atoms with van der Waals surface area (Å²) in [6.07, 6.45) is -2.35. The molecule has 2 fully saturated rings. The number of hydrogen-bond donors (Lipinski definition) is 2. The van der Waals surface area contributed by atoms with Crippen LogP contribution in [0.4, 0.5) is 19.7 Å². The first kappa shape index (κ1) is 15.0. The summed E-state index contributed by atoms with van der Waals surface area (Å²) in [4.78, 5) is 23.6. The van der Waals surface area contributed by atoms with Crippen LogP contribution in [0.15, 0.2) is 18.2 Å². The number of halogens is 1. The van der Waals surface area contributed by atoms with Crippen molar-refractivity contribution in [1.29, 1.82) is 0 Å². The maximum atomic E-state index is 14.2. The molecule has 2 amide bonds. The molecule has 2 heterocycles. The van der Waals surface area contributed by atoms with E-state index in [1.165, 1.54) is 11.0 Å². The molecular formula is C14H15FN2O4S. The van der Waals surface area contributed by atoms with Crippen molar-refractivity contribution >= 4 is 29.6 Å². The molecule has 2 N–H and O–H groups in total. The van der Waals surface area contributed by atoms with Crippen molar-refractivity contribution < 1.29 is 23.8 Å². The Hall–Kier alpha value is -1.96. The lowest BCUT2D eigenvalue weighted by Crippen LogP contribution is -2.33. The van der Waals surface area contributed by atoms with Crippen LogP contribution < -0.4 is 10.2 Å². The van der Waals surface area contributed by atoms with Crippen LogP contribution in [-0.2, 0) is 4.74 Å². The number of anilines is 1. The molecule has 1 atom stereocenters. The molecule has 1 aromatic rings. The molecule has 6 nitrogen and oxygen atoms in total. The fourth-order valence-electron chi connectivity index (χ4n) is 2.47. The maximum Gasteiger partial charge on any atom is 0.414 e. The SMILES string of the molecule is O=C(O)NC[C@H]1CN(c2ccc(C3CSC3)c(F)c2)C(=O)O1. The first-order valence-corrected chi connectivity index (χ1v) is 8.02. The Morgan fingerprint density at radius 2 is 2.27 bits per heavy atom. The summed E-state index contributed by atoms with van der Waals surface area (Å²) in [6.45, 7) is 0.203. The number of carboxylic acid groups (broad SMARTS) is 1. The van der Waals surface area contributed by atoms with Crippen molar-refractivity contribution in [2.75, 3.05) is 29.5 Å². The third kappa shape index (κ3) is 2.96. The van der Waals surface area contributed by atoms with Gasteiger partial charge in [-0.1, -0.05) is 6.07 Å². The van der Waals surface area contributed by atoms with Gasteiger partial charge in [0.15, 0.2) is 0 Å². The number of cyclic esters (lactones) is 1. The molecule has 0 aliphatic carbocycles. The van der Waals surface area contributed by atoms with Crippen LogP contribution in [0.1, 0.15) is 11.5 Å². The maximum absolute atomic E-state index is 14.2. The lowest BCUT2D eigenvalue weighted by molar-refractivity contribution is 0.136. The van der Waals surface area contributed by atoms with E-state index in [0.717, 1.165) is 11.5 Å². The molecule has 0 spiro atoms. The minimum absolute atomic E-state index is 0.0113. The van der Waals surface area contributed by atoms with E-state index in [9.17, 15) is 14.0 Å². The standard InChI is InChI=1S/C14H15FN2O4S/c15-12-3-9(1-2-11(12)8-6-22-7-8)17-5-10(21-14(17)20)4-16-13(18)19/h1-3,8,10,16H,4-7H2,(H,18,19)/t10-/m0/s1. The van der Waals surface area contributed by atoms with Crippen molar-refractivity contribution in [3.63, 3.8) is 0 Å². The summed E-state index contributed by atoms with van der Waals surface area (Å²) in [6, 6.07) is 4.76. The Kier molecular flexibility index (Phi) is 4.10. The zero-order chi connectivity index (χ0) is 15.7. The number of rotatable bonds is 4. The number of nitrogens with one attached hydrogen (secondary N) is 1. The van der Waals surface area contributed by atoms with Gasteiger partial charge >= 0.3 is 12.2 Å². The van der Waals surface area contributed by atoms with E-state index in [1.54, 1.807) is 23.9 Å². The van der Waals surface area contributed by atoms with Gasteiger partial charge in [-0.15, -0.1) is 0 Å². The normalized spacial score (nSPS) is 21.4. The predicted molar refractivity (Wildman–Crippen MR) is 80.1 cm³/mol. The Morgan fingerprint density at radius 1 is 1.50 bits per heavy atom. The number of carbonyl (C=O) groups excluding carboxylic acids is 1. The average molecular weight is 326 g/mol. The topological polar surface area (TPSA) is 78.9 Å². The second-order valence-corrected chi connectivity index (χ2v) is 6.32. The van der Waals surface area contributed by atoms with Gasteiger partial charge in [0, 0.05) is 17.4 Å². The number of carbonyl (C=O) groups is 2. The molecule has 2 saturated heterocycles. The van der Waals surface area contributed by atoms with Crippen LogP contribution in [0, 0.1) is 5.82 Å². The number of ether oxygens (including phenoxy) is 1. The molecule has 2 aliphatic heterocycles. The smallest absolute Gasteiger partial charge is 0.414 e. The zero-order valence-electron chi connectivity index (χ0n) is 11.6. The van der Waals surface area contributed by atoms with Crippen molar-refractivity contribution in [1.82, 2.24) is 5.32 Å². The summed E-state index contributed by atoms with van der Waals surface area (Å²) in [7, 11) is 0. The van der Waals surface area contributed by atoms with Crippen molar-refractivity contribution in [2.45, 2.75) is 12.0 Å². The summed E-state index contributed by atoms with van der Waals surface area (Å²) in [5.74, 6) is 1.77. The molecule has 118 valence electrons. The van der Waals surface area contributed by atoms with Crippen molar-refractivity contribution in [3.05, 3.63) is 29.6 Å². The Labute approximate surface area is 130 Å². The molecular weight excluding hydrogens is 311 g/mol. The Bertz CT molecular complexity index is 609. The molecule has 1 aromatic carbocycles. The average Bonchev–Trinajstić information content (AvgIpc) is 2.78. The first-order chi connectivity index (χ1) is 10.5. The van der Waals surface area contributed by atoms with E-state index in [2.05, 4.69) is 5.32 Å². The van der Waals surface area contributed by atoms with Gasteiger partial charge in [0.2, 0.25) is 0 Å². The van der Waals surface area contributed by atoms with Crippen LogP contribution in [-0.4, -0.2) is 48.0 Å². The van der Waals surface area contributed by atoms with Crippen LogP contribution in [0.3, 0.4) is 0 Å². The monoisotopic (exact) mass is 326 g/mol. The van der Waals surface area contributed by atoms with Gasteiger partial charge in [-0.2, -0.15) is 11.8 Å². The highest BCUT2D eigenvalue weighted by molar-refractivity contribution is 8.00. The summed E-state index contributed by atoms with van der Waals surface area (Å²) in [5, 5.41) is 10.7. The fourth-order valence-corrected chi connectivity index (χ4v) is 3.30. The molecule has 0 radical (unpaired) electrons. The van der Waals surface area contributed by atoms with E-state index in [4.69, 9.17) is 9.84 Å². The van der Waals surface area contributed by atoms with E-state index >= 15 is 0 Å². The van der Waals surface area contributed by atoms with Crippen LogP contribution in [0.5, 0.6) is 0 Å². The minimum Gasteiger partial charge on any atom is -0.465 e. The molecule has 22 heavy (non-hydrogen) atoms. The molecule has 8 heteroatoms. The van der Waals surface area contributed by atoms with Gasteiger partial charge < -0.3 is 15.2 Å². The molecule has 0 unspecified atom stereocenters. The van der Waals surface area contributed by atoms with Gasteiger partial charge in [0.25, 0.3) is 0 Å². The number of hydrogen-bond acceptors (Lipinski definition) is 4. The predicted octanol–water partition coefficient (Wildman–Crippen LogP) is 2.25. The molecule has 2 aliphatic rings. The number of amides is 2. The largest absolute Gasteiger partial charge is 0.465 e. The quantitative estimate of drug-likeness (QED) is 0.887. The first-order valence-electron chi connectivity index (χ1n) is 6.86. The van der Waals surface area contributed by atoms with E-state index < -0.39 is 18.3 Å². The minimum atomic E-state index is -1.18.